The number of unbranched alkanes of at least 4 members (excludes halogenated alkanes) is 1. The van der Waals surface area contributed by atoms with Gasteiger partial charge in [-0.3, -0.25) is 5.10 Å². The van der Waals surface area contributed by atoms with E-state index in [1.807, 2.05) is 24.3 Å². The number of nitrogens with zero attached hydrogens (tertiary/aromatic N) is 2. The highest BCUT2D eigenvalue weighted by molar-refractivity contribution is 6.33. The standard InChI is InChI=1S/C12H14ClN3/c1-2-3-8-11-14-12(16-15-11)9-6-4-5-7-10(9)13/h4-7H,2-3,8H2,1H3,(H,14,15,16). The van der Waals surface area contributed by atoms with E-state index in [1.165, 1.54) is 0 Å². The maximum absolute atomic E-state index is 6.08. The molecule has 0 bridgehead atoms. The molecule has 84 valence electrons. The van der Waals surface area contributed by atoms with Gasteiger partial charge in [0.15, 0.2) is 5.82 Å². The summed E-state index contributed by atoms with van der Waals surface area (Å²) in [4.78, 5) is 4.43. The number of nitrogens with one attached hydrogen (secondary N) is 1. The average molecular weight is 236 g/mol. The number of aromatic nitrogens is 3. The van der Waals surface area contributed by atoms with Crippen LogP contribution in [-0.4, -0.2) is 15.2 Å². The fourth-order valence-corrected chi connectivity index (χ4v) is 1.73. The summed E-state index contributed by atoms with van der Waals surface area (Å²) < 4.78 is 0. The van der Waals surface area contributed by atoms with Crippen LogP contribution >= 0.6 is 11.6 Å². The molecule has 3 nitrogen and oxygen atoms in total. The topological polar surface area (TPSA) is 41.6 Å². The first kappa shape index (κ1) is 11.1. The van der Waals surface area contributed by atoms with Gasteiger partial charge in [-0.25, -0.2) is 4.98 Å². The Bertz CT molecular complexity index is 465. The summed E-state index contributed by atoms with van der Waals surface area (Å²) in [5.41, 5.74) is 0.878. The van der Waals surface area contributed by atoms with Crippen molar-refractivity contribution >= 4 is 11.6 Å². The van der Waals surface area contributed by atoms with E-state index in [2.05, 4.69) is 22.1 Å². The van der Waals surface area contributed by atoms with Crippen LogP contribution in [0.2, 0.25) is 5.02 Å². The maximum atomic E-state index is 6.08. The molecule has 0 aliphatic heterocycles. The van der Waals surface area contributed by atoms with Crippen molar-refractivity contribution in [1.82, 2.24) is 15.2 Å². The van der Waals surface area contributed by atoms with E-state index in [4.69, 9.17) is 11.6 Å². The molecule has 2 aromatic rings. The molecule has 1 heterocycles. The number of aromatic amines is 1. The van der Waals surface area contributed by atoms with Gasteiger partial charge in [-0.05, 0) is 18.6 Å². The van der Waals surface area contributed by atoms with Crippen LogP contribution in [0, 0.1) is 0 Å². The van der Waals surface area contributed by atoms with E-state index < -0.39 is 0 Å². The number of H-pyrrole nitrogens is 1. The molecule has 0 radical (unpaired) electrons. The molecule has 1 aromatic carbocycles. The normalized spacial score (nSPS) is 10.6. The number of benzene rings is 1. The van der Waals surface area contributed by atoms with E-state index in [9.17, 15) is 0 Å². The summed E-state index contributed by atoms with van der Waals surface area (Å²) in [6.07, 6.45) is 3.22. The molecular formula is C12H14ClN3. The van der Waals surface area contributed by atoms with Crippen LogP contribution in [0.5, 0.6) is 0 Å². The van der Waals surface area contributed by atoms with Gasteiger partial charge in [0.1, 0.15) is 5.82 Å². The van der Waals surface area contributed by atoms with E-state index in [0.717, 1.165) is 30.7 Å². The summed E-state index contributed by atoms with van der Waals surface area (Å²) in [6.45, 7) is 2.16. The van der Waals surface area contributed by atoms with Crippen molar-refractivity contribution in [3.63, 3.8) is 0 Å². The molecule has 0 saturated heterocycles. The largest absolute Gasteiger partial charge is 0.263 e. The fraction of sp³-hybridized carbons (Fsp3) is 0.333. The Hall–Kier alpha value is -1.35. The molecule has 0 spiro atoms. The Morgan fingerprint density at radius 1 is 1.31 bits per heavy atom. The Morgan fingerprint density at radius 3 is 2.88 bits per heavy atom. The van der Waals surface area contributed by atoms with Gasteiger partial charge in [0.25, 0.3) is 0 Å². The van der Waals surface area contributed by atoms with Gasteiger partial charge in [-0.15, -0.1) is 0 Å². The third kappa shape index (κ3) is 2.42. The molecule has 0 fully saturated rings. The monoisotopic (exact) mass is 235 g/mol. The van der Waals surface area contributed by atoms with Crippen molar-refractivity contribution in [3.05, 3.63) is 35.1 Å². The van der Waals surface area contributed by atoms with Gasteiger partial charge in [-0.2, -0.15) is 5.10 Å². The Kier molecular flexibility index (Phi) is 3.57. The van der Waals surface area contributed by atoms with Crippen LogP contribution < -0.4 is 0 Å². The van der Waals surface area contributed by atoms with Crippen LogP contribution in [0.25, 0.3) is 11.4 Å². The summed E-state index contributed by atoms with van der Waals surface area (Å²) in [6, 6.07) is 7.61. The molecule has 0 saturated carbocycles. The van der Waals surface area contributed by atoms with Gasteiger partial charge in [-0.1, -0.05) is 37.1 Å². The molecule has 16 heavy (non-hydrogen) atoms. The van der Waals surface area contributed by atoms with Crippen LogP contribution in [0.3, 0.4) is 0 Å². The lowest BCUT2D eigenvalue weighted by Gasteiger charge is -1.96. The van der Waals surface area contributed by atoms with Crippen LogP contribution in [0.1, 0.15) is 25.6 Å². The van der Waals surface area contributed by atoms with Crippen molar-refractivity contribution in [2.24, 2.45) is 0 Å². The highest BCUT2D eigenvalue weighted by Crippen LogP contribution is 2.24. The number of aryl methyl sites for hydroxylation is 1. The molecule has 1 N–H and O–H groups in total. The maximum Gasteiger partial charge on any atom is 0.182 e. The zero-order chi connectivity index (χ0) is 11.4. The van der Waals surface area contributed by atoms with E-state index in [1.54, 1.807) is 0 Å². The van der Waals surface area contributed by atoms with E-state index in [-0.39, 0.29) is 0 Å². The molecule has 1 aromatic heterocycles. The minimum absolute atomic E-state index is 0.678. The van der Waals surface area contributed by atoms with E-state index >= 15 is 0 Å². The fourth-order valence-electron chi connectivity index (χ4n) is 1.51. The summed E-state index contributed by atoms with van der Waals surface area (Å²) >= 11 is 6.08. The first-order valence-corrected chi connectivity index (χ1v) is 5.85. The first-order valence-electron chi connectivity index (χ1n) is 5.47. The second-order valence-electron chi connectivity index (χ2n) is 3.69. The van der Waals surface area contributed by atoms with Gasteiger partial charge < -0.3 is 0 Å². The Morgan fingerprint density at radius 2 is 2.12 bits per heavy atom. The Labute approximate surface area is 99.9 Å². The van der Waals surface area contributed by atoms with Gasteiger partial charge in [0.05, 0.1) is 5.02 Å². The number of hydrogen-bond acceptors (Lipinski definition) is 2. The zero-order valence-corrected chi connectivity index (χ0v) is 9.96. The van der Waals surface area contributed by atoms with Crippen LogP contribution in [-0.2, 0) is 6.42 Å². The van der Waals surface area contributed by atoms with Crippen LogP contribution in [0.4, 0.5) is 0 Å². The second kappa shape index (κ2) is 5.12. The van der Waals surface area contributed by atoms with Gasteiger partial charge in [0, 0.05) is 12.0 Å². The van der Waals surface area contributed by atoms with Crippen molar-refractivity contribution in [3.8, 4) is 11.4 Å². The van der Waals surface area contributed by atoms with Crippen molar-refractivity contribution in [2.75, 3.05) is 0 Å². The molecule has 0 atom stereocenters. The predicted molar refractivity (Wildman–Crippen MR) is 65.4 cm³/mol. The summed E-state index contributed by atoms with van der Waals surface area (Å²) in [5, 5.41) is 7.81. The van der Waals surface area contributed by atoms with Crippen molar-refractivity contribution < 1.29 is 0 Å². The molecule has 2 rings (SSSR count). The SMILES string of the molecule is CCCCc1nc(-c2ccccc2Cl)n[nH]1. The molecule has 4 heteroatoms. The first-order chi connectivity index (χ1) is 7.81. The summed E-state index contributed by atoms with van der Waals surface area (Å²) in [5.74, 6) is 1.61. The quantitative estimate of drug-likeness (QED) is 0.882. The van der Waals surface area contributed by atoms with Crippen molar-refractivity contribution in [1.29, 1.82) is 0 Å². The summed E-state index contributed by atoms with van der Waals surface area (Å²) in [7, 11) is 0. The van der Waals surface area contributed by atoms with Gasteiger partial charge in [0.2, 0.25) is 0 Å². The highest BCUT2D eigenvalue weighted by Gasteiger charge is 2.08. The lowest BCUT2D eigenvalue weighted by Crippen LogP contribution is -1.87. The third-order valence-corrected chi connectivity index (χ3v) is 2.74. The molecule has 0 amide bonds. The predicted octanol–water partition coefficient (Wildman–Crippen LogP) is 3.47. The zero-order valence-electron chi connectivity index (χ0n) is 9.20. The van der Waals surface area contributed by atoms with Crippen LogP contribution in [0.15, 0.2) is 24.3 Å². The van der Waals surface area contributed by atoms with E-state index in [0.29, 0.717) is 10.8 Å². The molecule has 0 aliphatic carbocycles. The average Bonchev–Trinajstić information content (AvgIpc) is 2.75. The number of hydrogen-bond donors (Lipinski definition) is 1. The molecule has 0 unspecified atom stereocenters. The smallest absolute Gasteiger partial charge is 0.182 e. The number of rotatable bonds is 4. The lowest BCUT2D eigenvalue weighted by atomic mass is 10.2. The second-order valence-corrected chi connectivity index (χ2v) is 4.10. The highest BCUT2D eigenvalue weighted by atomic mass is 35.5. The third-order valence-electron chi connectivity index (χ3n) is 2.41. The minimum Gasteiger partial charge on any atom is -0.263 e. The number of halogens is 1. The van der Waals surface area contributed by atoms with Gasteiger partial charge >= 0.3 is 0 Å². The molecular weight excluding hydrogens is 222 g/mol. The molecule has 0 aliphatic rings. The Balaban J connectivity index is 2.22. The lowest BCUT2D eigenvalue weighted by molar-refractivity contribution is 0.756. The minimum atomic E-state index is 0.678. The van der Waals surface area contributed by atoms with Crippen molar-refractivity contribution in [2.45, 2.75) is 26.2 Å².